The molecule has 2 heteroatoms. The molecule has 3 unspecified atom stereocenters. The summed E-state index contributed by atoms with van der Waals surface area (Å²) in [4.78, 5) is 0. The van der Waals surface area contributed by atoms with Gasteiger partial charge in [0, 0.05) is 19.2 Å². The molecule has 13 heavy (non-hydrogen) atoms. The third-order valence-electron chi connectivity index (χ3n) is 3.24. The Labute approximate surface area is 81.0 Å². The smallest absolute Gasteiger partial charge is 0.0630 e. The molecule has 2 nitrogen and oxygen atoms in total. The molecule has 0 radical (unpaired) electrons. The molecule has 0 aromatic rings. The molecule has 0 amide bonds. The van der Waals surface area contributed by atoms with E-state index in [0.717, 1.165) is 18.6 Å². The average Bonchev–Trinajstić information content (AvgIpc) is 2.17. The van der Waals surface area contributed by atoms with Crippen LogP contribution in [0.25, 0.3) is 0 Å². The molecule has 0 aromatic carbocycles. The van der Waals surface area contributed by atoms with Crippen LogP contribution in [0.5, 0.6) is 0 Å². The van der Waals surface area contributed by atoms with E-state index in [0.29, 0.717) is 12.0 Å². The SMILES string of the molecule is CC(C)COC1CC2CCC1CN2. The quantitative estimate of drug-likeness (QED) is 0.720. The highest BCUT2D eigenvalue weighted by molar-refractivity contribution is 4.91. The molecule has 2 aliphatic heterocycles. The first-order chi connectivity index (χ1) is 6.25. The molecule has 3 atom stereocenters. The molecular formula is C11H21NO. The summed E-state index contributed by atoms with van der Waals surface area (Å²) in [5, 5.41) is 3.56. The number of piperidine rings is 2. The summed E-state index contributed by atoms with van der Waals surface area (Å²) in [6.45, 7) is 6.57. The van der Waals surface area contributed by atoms with Gasteiger partial charge in [-0.05, 0) is 31.1 Å². The Morgan fingerprint density at radius 2 is 2.23 bits per heavy atom. The summed E-state index contributed by atoms with van der Waals surface area (Å²) in [6, 6.07) is 0.752. The maximum Gasteiger partial charge on any atom is 0.0630 e. The van der Waals surface area contributed by atoms with Gasteiger partial charge in [-0.3, -0.25) is 0 Å². The highest BCUT2D eigenvalue weighted by atomic mass is 16.5. The van der Waals surface area contributed by atoms with Crippen molar-refractivity contribution in [2.45, 2.75) is 45.3 Å². The van der Waals surface area contributed by atoms with Crippen molar-refractivity contribution in [1.82, 2.24) is 5.32 Å². The van der Waals surface area contributed by atoms with Crippen LogP contribution in [-0.4, -0.2) is 25.3 Å². The molecule has 1 saturated carbocycles. The first-order valence-corrected chi connectivity index (χ1v) is 5.60. The van der Waals surface area contributed by atoms with Gasteiger partial charge in [-0.2, -0.15) is 0 Å². The standard InChI is InChI=1S/C11H21NO/c1-8(2)7-13-11-5-10-4-3-9(11)6-12-10/h8-12H,3-7H2,1-2H3. The van der Waals surface area contributed by atoms with E-state index >= 15 is 0 Å². The van der Waals surface area contributed by atoms with E-state index in [9.17, 15) is 0 Å². The predicted molar refractivity (Wildman–Crippen MR) is 53.7 cm³/mol. The van der Waals surface area contributed by atoms with Crippen LogP contribution in [0.3, 0.4) is 0 Å². The van der Waals surface area contributed by atoms with Crippen LogP contribution in [0.1, 0.15) is 33.1 Å². The number of fused-ring (bicyclic) bond motifs is 3. The van der Waals surface area contributed by atoms with Crippen LogP contribution >= 0.6 is 0 Å². The molecule has 1 aliphatic carbocycles. The van der Waals surface area contributed by atoms with E-state index in [1.54, 1.807) is 0 Å². The number of ether oxygens (including phenoxy) is 1. The van der Waals surface area contributed by atoms with Crippen molar-refractivity contribution in [3.8, 4) is 0 Å². The number of rotatable bonds is 3. The van der Waals surface area contributed by atoms with Gasteiger partial charge in [0.25, 0.3) is 0 Å². The fourth-order valence-corrected chi connectivity index (χ4v) is 2.45. The molecule has 3 rings (SSSR count). The zero-order chi connectivity index (χ0) is 9.26. The Morgan fingerprint density at radius 1 is 1.38 bits per heavy atom. The van der Waals surface area contributed by atoms with Gasteiger partial charge in [0.1, 0.15) is 0 Å². The lowest BCUT2D eigenvalue weighted by atomic mass is 9.79. The minimum absolute atomic E-state index is 0.558. The molecule has 2 bridgehead atoms. The maximum absolute atomic E-state index is 5.94. The summed E-state index contributed by atoms with van der Waals surface area (Å²) in [7, 11) is 0. The van der Waals surface area contributed by atoms with Gasteiger partial charge in [-0.25, -0.2) is 0 Å². The first kappa shape index (κ1) is 9.47. The zero-order valence-corrected chi connectivity index (χ0v) is 8.75. The van der Waals surface area contributed by atoms with Crippen molar-refractivity contribution in [3.05, 3.63) is 0 Å². The fourth-order valence-electron chi connectivity index (χ4n) is 2.45. The Balaban J connectivity index is 1.80. The van der Waals surface area contributed by atoms with Crippen molar-refractivity contribution >= 4 is 0 Å². The van der Waals surface area contributed by atoms with E-state index in [1.807, 2.05) is 0 Å². The van der Waals surface area contributed by atoms with Crippen molar-refractivity contribution in [2.24, 2.45) is 11.8 Å². The van der Waals surface area contributed by atoms with Crippen molar-refractivity contribution < 1.29 is 4.74 Å². The molecule has 76 valence electrons. The predicted octanol–water partition coefficient (Wildman–Crippen LogP) is 1.80. The lowest BCUT2D eigenvalue weighted by Crippen LogP contribution is -2.52. The van der Waals surface area contributed by atoms with Crippen molar-refractivity contribution in [2.75, 3.05) is 13.2 Å². The summed E-state index contributed by atoms with van der Waals surface area (Å²) < 4.78 is 5.94. The summed E-state index contributed by atoms with van der Waals surface area (Å²) >= 11 is 0. The monoisotopic (exact) mass is 183 g/mol. The Kier molecular flexibility index (Phi) is 2.89. The van der Waals surface area contributed by atoms with Crippen LogP contribution in [0.2, 0.25) is 0 Å². The van der Waals surface area contributed by atoms with Gasteiger partial charge in [-0.1, -0.05) is 13.8 Å². The lowest BCUT2D eigenvalue weighted by molar-refractivity contribution is -0.0489. The molecule has 1 N–H and O–H groups in total. The van der Waals surface area contributed by atoms with Gasteiger partial charge in [0.15, 0.2) is 0 Å². The maximum atomic E-state index is 5.94. The van der Waals surface area contributed by atoms with E-state index < -0.39 is 0 Å². The van der Waals surface area contributed by atoms with Gasteiger partial charge < -0.3 is 10.1 Å². The minimum Gasteiger partial charge on any atom is -0.378 e. The van der Waals surface area contributed by atoms with E-state index in [-0.39, 0.29) is 0 Å². The second kappa shape index (κ2) is 3.97. The molecule has 3 fully saturated rings. The van der Waals surface area contributed by atoms with Crippen LogP contribution in [0, 0.1) is 11.8 Å². The highest BCUT2D eigenvalue weighted by Crippen LogP contribution is 2.31. The van der Waals surface area contributed by atoms with Crippen molar-refractivity contribution in [3.63, 3.8) is 0 Å². The van der Waals surface area contributed by atoms with Gasteiger partial charge in [0.2, 0.25) is 0 Å². The summed E-state index contributed by atoms with van der Waals surface area (Å²) in [6.07, 6.45) is 4.55. The Hall–Kier alpha value is -0.0800. The van der Waals surface area contributed by atoms with Crippen LogP contribution in [0.4, 0.5) is 0 Å². The normalized spacial score (nSPS) is 38.5. The second-order valence-electron chi connectivity index (χ2n) is 4.94. The third-order valence-corrected chi connectivity index (χ3v) is 3.24. The van der Waals surface area contributed by atoms with E-state index in [2.05, 4.69) is 19.2 Å². The van der Waals surface area contributed by atoms with E-state index in [1.165, 1.54) is 25.8 Å². The zero-order valence-electron chi connectivity index (χ0n) is 8.75. The van der Waals surface area contributed by atoms with Crippen LogP contribution in [0.15, 0.2) is 0 Å². The largest absolute Gasteiger partial charge is 0.378 e. The average molecular weight is 183 g/mol. The lowest BCUT2D eigenvalue weighted by Gasteiger charge is -2.43. The van der Waals surface area contributed by atoms with Gasteiger partial charge in [0.05, 0.1) is 6.10 Å². The number of hydrogen-bond acceptors (Lipinski definition) is 2. The molecule has 2 heterocycles. The first-order valence-electron chi connectivity index (χ1n) is 5.60. The van der Waals surface area contributed by atoms with Crippen LogP contribution in [-0.2, 0) is 4.74 Å². The Bertz CT molecular complexity index is 161. The van der Waals surface area contributed by atoms with Gasteiger partial charge in [-0.15, -0.1) is 0 Å². The molecule has 3 aliphatic rings. The molecular weight excluding hydrogens is 162 g/mol. The number of hydrogen-bond donors (Lipinski definition) is 1. The molecule has 0 spiro atoms. The summed E-state index contributed by atoms with van der Waals surface area (Å²) in [5.41, 5.74) is 0. The van der Waals surface area contributed by atoms with E-state index in [4.69, 9.17) is 4.74 Å². The third kappa shape index (κ3) is 2.23. The highest BCUT2D eigenvalue weighted by Gasteiger charge is 2.35. The summed E-state index contributed by atoms with van der Waals surface area (Å²) in [5.74, 6) is 1.47. The van der Waals surface area contributed by atoms with Gasteiger partial charge >= 0.3 is 0 Å². The fraction of sp³-hybridized carbons (Fsp3) is 1.00. The molecule has 2 saturated heterocycles. The minimum atomic E-state index is 0.558. The van der Waals surface area contributed by atoms with Crippen molar-refractivity contribution in [1.29, 1.82) is 0 Å². The molecule has 0 aromatic heterocycles. The topological polar surface area (TPSA) is 21.3 Å². The Morgan fingerprint density at radius 3 is 2.69 bits per heavy atom. The van der Waals surface area contributed by atoms with Crippen LogP contribution < -0.4 is 5.32 Å². The second-order valence-corrected chi connectivity index (χ2v) is 4.94. The number of nitrogens with one attached hydrogen (secondary N) is 1.